The van der Waals surface area contributed by atoms with Crippen LogP contribution in [0.15, 0.2) is 97.2 Å². The number of alkyl halides is 3. The fourth-order valence-electron chi connectivity index (χ4n) is 5.81. The molecule has 6 rings (SSSR count). The Labute approximate surface area is 287 Å². The Morgan fingerprint density at radius 3 is 2.24 bits per heavy atom. The van der Waals surface area contributed by atoms with E-state index in [9.17, 15) is 22.8 Å². The minimum atomic E-state index is -4.48. The minimum Gasteiger partial charge on any atom is -0.497 e. The van der Waals surface area contributed by atoms with E-state index in [1.165, 1.54) is 18.1 Å². The summed E-state index contributed by atoms with van der Waals surface area (Å²) in [7, 11) is 5.04. The fraction of sp³-hybridized carbons (Fsp3) is 0.237. The summed E-state index contributed by atoms with van der Waals surface area (Å²) in [5.74, 6) is 1.13. The molecule has 0 spiro atoms. The van der Waals surface area contributed by atoms with Crippen LogP contribution in [0.4, 0.5) is 18.9 Å². The van der Waals surface area contributed by atoms with E-state index < -0.39 is 17.6 Å². The monoisotopic (exact) mass is 683 g/mol. The van der Waals surface area contributed by atoms with Crippen LogP contribution in [0.1, 0.15) is 32.0 Å². The largest absolute Gasteiger partial charge is 0.497 e. The average molecular weight is 684 g/mol. The predicted octanol–water partition coefficient (Wildman–Crippen LogP) is 7.14. The zero-order valence-corrected chi connectivity index (χ0v) is 27.9. The smallest absolute Gasteiger partial charge is 0.416 e. The SMILES string of the molecule is COc1ccc(/C=C/CN2CCN(C(=O)c3cc4cc(Oc5ccc(N(C)C(=O)c6ccc(C(F)(F)F)cc6)cn5)ccc4n3C)CC2)cc1. The Balaban J connectivity index is 1.04. The first-order valence-corrected chi connectivity index (χ1v) is 16.0. The van der Waals surface area contributed by atoms with Crippen LogP contribution in [0.5, 0.6) is 17.4 Å². The number of benzene rings is 3. The Bertz CT molecular complexity index is 2000. The number of carbonyl (C=O) groups excluding carboxylic acids is 2. The number of rotatable bonds is 9. The zero-order valence-electron chi connectivity index (χ0n) is 27.9. The van der Waals surface area contributed by atoms with Gasteiger partial charge in [0.2, 0.25) is 5.88 Å². The second-order valence-corrected chi connectivity index (χ2v) is 12.0. The van der Waals surface area contributed by atoms with Crippen molar-refractivity contribution in [3.8, 4) is 17.4 Å². The number of halogens is 3. The molecule has 50 heavy (non-hydrogen) atoms. The number of carbonyl (C=O) groups is 2. The highest BCUT2D eigenvalue weighted by Gasteiger charge is 2.30. The number of aryl methyl sites for hydroxylation is 1. The molecule has 2 aromatic heterocycles. The number of amides is 2. The van der Waals surface area contributed by atoms with E-state index in [0.717, 1.165) is 66.1 Å². The lowest BCUT2D eigenvalue weighted by Crippen LogP contribution is -2.48. The van der Waals surface area contributed by atoms with Crippen LogP contribution >= 0.6 is 0 Å². The molecule has 0 atom stereocenters. The van der Waals surface area contributed by atoms with Gasteiger partial charge >= 0.3 is 6.18 Å². The number of ether oxygens (including phenoxy) is 2. The van der Waals surface area contributed by atoms with Crippen LogP contribution in [-0.2, 0) is 13.2 Å². The maximum absolute atomic E-state index is 13.6. The molecule has 1 fully saturated rings. The summed E-state index contributed by atoms with van der Waals surface area (Å²) in [6.45, 7) is 3.65. The summed E-state index contributed by atoms with van der Waals surface area (Å²) in [5, 5.41) is 0.842. The molecule has 12 heteroatoms. The number of piperazine rings is 1. The number of pyridine rings is 1. The van der Waals surface area contributed by atoms with E-state index in [2.05, 4.69) is 22.0 Å². The van der Waals surface area contributed by atoms with Crippen molar-refractivity contribution >= 4 is 34.5 Å². The second kappa shape index (κ2) is 14.5. The average Bonchev–Trinajstić information content (AvgIpc) is 3.46. The van der Waals surface area contributed by atoms with Crippen LogP contribution in [0.3, 0.4) is 0 Å². The van der Waals surface area contributed by atoms with E-state index in [-0.39, 0.29) is 17.4 Å². The molecule has 2 amide bonds. The normalized spacial score (nSPS) is 13.9. The third-order valence-corrected chi connectivity index (χ3v) is 8.78. The van der Waals surface area contributed by atoms with Crippen LogP contribution in [0.2, 0.25) is 0 Å². The number of aromatic nitrogens is 2. The van der Waals surface area contributed by atoms with E-state index in [1.54, 1.807) is 25.3 Å². The Kier molecular flexibility index (Phi) is 9.91. The van der Waals surface area contributed by atoms with E-state index in [4.69, 9.17) is 9.47 Å². The summed E-state index contributed by atoms with van der Waals surface area (Å²) in [6.07, 6.45) is 1.20. The molecule has 0 radical (unpaired) electrons. The highest BCUT2D eigenvalue weighted by atomic mass is 19.4. The standard InChI is InChI=1S/C38H36F3N5O4/c1-43(36(47)27-8-10-29(11-9-27)38(39,40)41)30-12-17-35(42-25-30)50-32-15-16-33-28(23-32)24-34(44(33)2)37(48)46-21-19-45(20-22-46)18-4-5-26-6-13-31(49-3)14-7-26/h4-17,23-25H,18-22H2,1-3H3/b5-4+. The molecule has 258 valence electrons. The topological polar surface area (TPSA) is 80.1 Å². The fourth-order valence-corrected chi connectivity index (χ4v) is 5.81. The summed E-state index contributed by atoms with van der Waals surface area (Å²) in [4.78, 5) is 36.2. The van der Waals surface area contributed by atoms with Gasteiger partial charge in [-0.1, -0.05) is 24.3 Å². The van der Waals surface area contributed by atoms with Gasteiger partial charge in [-0.2, -0.15) is 13.2 Å². The summed E-state index contributed by atoms with van der Waals surface area (Å²) < 4.78 is 51.7. The van der Waals surface area contributed by atoms with Gasteiger partial charge in [-0.05, 0) is 72.3 Å². The van der Waals surface area contributed by atoms with Crippen LogP contribution < -0.4 is 14.4 Å². The molecule has 0 aliphatic carbocycles. The molecular weight excluding hydrogens is 647 g/mol. The number of methoxy groups -OCH3 is 1. The summed E-state index contributed by atoms with van der Waals surface area (Å²) in [5.41, 5.74) is 2.32. The van der Waals surface area contributed by atoms with Crippen LogP contribution in [0.25, 0.3) is 17.0 Å². The molecule has 0 N–H and O–H groups in total. The molecule has 1 saturated heterocycles. The molecule has 9 nitrogen and oxygen atoms in total. The molecule has 0 saturated carbocycles. The van der Waals surface area contributed by atoms with Crippen molar-refractivity contribution in [3.05, 3.63) is 120 Å². The summed E-state index contributed by atoms with van der Waals surface area (Å²) in [6, 6.07) is 22.6. The minimum absolute atomic E-state index is 0.0215. The van der Waals surface area contributed by atoms with Gasteiger partial charge in [-0.25, -0.2) is 4.98 Å². The van der Waals surface area contributed by atoms with Crippen molar-refractivity contribution in [1.82, 2.24) is 19.4 Å². The van der Waals surface area contributed by atoms with E-state index in [1.807, 2.05) is 59.0 Å². The molecule has 0 bridgehead atoms. The number of anilines is 1. The molecule has 3 heterocycles. The van der Waals surface area contributed by atoms with Gasteiger partial charge in [-0.3, -0.25) is 14.5 Å². The van der Waals surface area contributed by atoms with Crippen molar-refractivity contribution in [3.63, 3.8) is 0 Å². The second-order valence-electron chi connectivity index (χ2n) is 12.0. The lowest BCUT2D eigenvalue weighted by Gasteiger charge is -2.34. The molecule has 5 aromatic rings. The van der Waals surface area contributed by atoms with E-state index >= 15 is 0 Å². The first kappa shape index (κ1) is 34.3. The highest BCUT2D eigenvalue weighted by Crippen LogP contribution is 2.30. The molecule has 1 aliphatic rings. The number of nitrogens with zero attached hydrogens (tertiary/aromatic N) is 5. The van der Waals surface area contributed by atoms with Crippen LogP contribution in [-0.4, -0.2) is 78.0 Å². The number of hydrogen-bond donors (Lipinski definition) is 0. The van der Waals surface area contributed by atoms with Crippen LogP contribution in [0, 0.1) is 0 Å². The lowest BCUT2D eigenvalue weighted by molar-refractivity contribution is -0.137. The van der Waals surface area contributed by atoms with Gasteiger partial charge in [0.25, 0.3) is 11.8 Å². The summed E-state index contributed by atoms with van der Waals surface area (Å²) >= 11 is 0. The Morgan fingerprint density at radius 1 is 0.900 bits per heavy atom. The lowest BCUT2D eigenvalue weighted by atomic mass is 10.1. The number of hydrogen-bond acceptors (Lipinski definition) is 6. The quantitative estimate of drug-likeness (QED) is 0.164. The molecule has 0 unspecified atom stereocenters. The van der Waals surface area contributed by atoms with Gasteiger partial charge in [0.15, 0.2) is 0 Å². The maximum atomic E-state index is 13.6. The molecule has 1 aliphatic heterocycles. The van der Waals surface area contributed by atoms with Gasteiger partial charge in [0, 0.05) is 69.4 Å². The van der Waals surface area contributed by atoms with Gasteiger partial charge in [0.05, 0.1) is 24.6 Å². The molecule has 3 aromatic carbocycles. The Morgan fingerprint density at radius 2 is 1.60 bits per heavy atom. The van der Waals surface area contributed by atoms with Crippen molar-refractivity contribution in [2.75, 3.05) is 51.8 Å². The molecular formula is C38H36F3N5O4. The van der Waals surface area contributed by atoms with Gasteiger partial charge in [0.1, 0.15) is 17.2 Å². The van der Waals surface area contributed by atoms with Crippen molar-refractivity contribution < 1.29 is 32.2 Å². The highest BCUT2D eigenvalue weighted by molar-refractivity contribution is 6.05. The Hall–Kier alpha value is -5.62. The van der Waals surface area contributed by atoms with Gasteiger partial charge in [-0.15, -0.1) is 0 Å². The van der Waals surface area contributed by atoms with Crippen molar-refractivity contribution in [1.29, 1.82) is 0 Å². The third kappa shape index (κ3) is 7.65. The predicted molar refractivity (Wildman–Crippen MR) is 186 cm³/mol. The first-order valence-electron chi connectivity index (χ1n) is 16.0. The number of fused-ring (bicyclic) bond motifs is 1. The first-order chi connectivity index (χ1) is 24.0. The van der Waals surface area contributed by atoms with E-state index in [0.29, 0.717) is 30.2 Å². The maximum Gasteiger partial charge on any atom is 0.416 e. The van der Waals surface area contributed by atoms with Crippen molar-refractivity contribution in [2.45, 2.75) is 6.18 Å². The zero-order chi connectivity index (χ0) is 35.4. The third-order valence-electron chi connectivity index (χ3n) is 8.78. The van der Waals surface area contributed by atoms with Gasteiger partial charge < -0.3 is 23.8 Å². The van der Waals surface area contributed by atoms with Crippen molar-refractivity contribution in [2.24, 2.45) is 7.05 Å².